The van der Waals surface area contributed by atoms with E-state index in [1.807, 2.05) is 13.3 Å². The van der Waals surface area contributed by atoms with E-state index in [0.29, 0.717) is 17.1 Å². The summed E-state index contributed by atoms with van der Waals surface area (Å²) in [6.45, 7) is 0.987. The quantitative estimate of drug-likeness (QED) is 0.616. The average molecular weight is 275 g/mol. The second kappa shape index (κ2) is 5.21. The van der Waals surface area contributed by atoms with Crippen LogP contribution in [0.15, 0.2) is 12.4 Å². The Labute approximate surface area is 100.0 Å². The summed E-state index contributed by atoms with van der Waals surface area (Å²) in [5.41, 5.74) is 0. The zero-order chi connectivity index (χ0) is 10.7. The molecule has 1 heterocycles. The van der Waals surface area contributed by atoms with Gasteiger partial charge >= 0.3 is 0 Å². The van der Waals surface area contributed by atoms with Gasteiger partial charge in [-0.2, -0.15) is 0 Å². The van der Waals surface area contributed by atoms with Gasteiger partial charge < -0.3 is 15.0 Å². The molecule has 1 N–H and O–H groups in total. The molecule has 1 aliphatic carbocycles. The van der Waals surface area contributed by atoms with Crippen molar-refractivity contribution in [3.8, 4) is 0 Å². The van der Waals surface area contributed by atoms with Gasteiger partial charge in [0, 0.05) is 32.1 Å². The molecule has 4 heteroatoms. The lowest BCUT2D eigenvalue weighted by molar-refractivity contribution is 0.0458. The van der Waals surface area contributed by atoms with Crippen molar-refractivity contribution >= 4 is 15.9 Å². The first-order chi connectivity index (χ1) is 7.31. The van der Waals surface area contributed by atoms with Crippen LogP contribution in [-0.2, 0) is 4.74 Å². The van der Waals surface area contributed by atoms with Crippen LogP contribution in [0.3, 0.4) is 0 Å². The number of halogens is 1. The molecule has 15 heavy (non-hydrogen) atoms. The van der Waals surface area contributed by atoms with Crippen molar-refractivity contribution in [2.75, 3.05) is 13.7 Å². The summed E-state index contributed by atoms with van der Waals surface area (Å²) in [6, 6.07) is 0.680. The first kappa shape index (κ1) is 11.3. The van der Waals surface area contributed by atoms with Crippen LogP contribution >= 0.6 is 15.9 Å². The molecule has 0 aromatic heterocycles. The fourth-order valence-electron chi connectivity index (χ4n) is 2.43. The highest BCUT2D eigenvalue weighted by atomic mass is 79.9. The Morgan fingerprint density at radius 2 is 2.07 bits per heavy atom. The number of alkyl halides is 1. The molecule has 0 aromatic rings. The average Bonchev–Trinajstić information content (AvgIpc) is 2.30. The first-order valence-corrected chi connectivity index (χ1v) is 6.57. The van der Waals surface area contributed by atoms with Crippen molar-refractivity contribution in [1.29, 1.82) is 0 Å². The van der Waals surface area contributed by atoms with Crippen LogP contribution in [0.5, 0.6) is 0 Å². The van der Waals surface area contributed by atoms with Crippen LogP contribution in [0.25, 0.3) is 0 Å². The highest BCUT2D eigenvalue weighted by Crippen LogP contribution is 2.28. The lowest BCUT2D eigenvalue weighted by Gasteiger charge is -2.40. The smallest absolute Gasteiger partial charge is 0.102 e. The Balaban J connectivity index is 1.89. The molecule has 86 valence electrons. The number of hydrogen-bond acceptors (Lipinski definition) is 3. The Bertz CT molecular complexity index is 227. The minimum absolute atomic E-state index is 0.437. The summed E-state index contributed by atoms with van der Waals surface area (Å²) in [6.07, 6.45) is 9.57. The number of methoxy groups -OCH3 is 1. The van der Waals surface area contributed by atoms with E-state index in [9.17, 15) is 0 Å². The van der Waals surface area contributed by atoms with Crippen molar-refractivity contribution in [3.05, 3.63) is 12.4 Å². The Kier molecular flexibility index (Phi) is 3.92. The van der Waals surface area contributed by atoms with Crippen LogP contribution in [0.2, 0.25) is 0 Å². The topological polar surface area (TPSA) is 24.5 Å². The van der Waals surface area contributed by atoms with E-state index in [1.165, 1.54) is 25.7 Å². The Morgan fingerprint density at radius 3 is 2.67 bits per heavy atom. The molecule has 0 amide bonds. The van der Waals surface area contributed by atoms with E-state index in [1.54, 1.807) is 0 Å². The van der Waals surface area contributed by atoms with E-state index in [0.717, 1.165) is 6.54 Å². The summed E-state index contributed by atoms with van der Waals surface area (Å²) >= 11 is 3.70. The van der Waals surface area contributed by atoms with Gasteiger partial charge in [0.15, 0.2) is 0 Å². The maximum Gasteiger partial charge on any atom is 0.102 e. The van der Waals surface area contributed by atoms with Gasteiger partial charge in [-0.05, 0) is 25.7 Å². The van der Waals surface area contributed by atoms with Crippen LogP contribution in [-0.4, -0.2) is 35.7 Å². The highest BCUT2D eigenvalue weighted by Gasteiger charge is 2.28. The summed E-state index contributed by atoms with van der Waals surface area (Å²) in [7, 11) is 1.82. The lowest BCUT2D eigenvalue weighted by Crippen LogP contribution is -2.45. The number of nitrogens with zero attached hydrogens (tertiary/aromatic N) is 1. The maximum atomic E-state index is 5.39. The summed E-state index contributed by atoms with van der Waals surface area (Å²) in [5.74, 6) is 0. The van der Waals surface area contributed by atoms with Gasteiger partial charge in [-0.25, -0.2) is 0 Å². The maximum absolute atomic E-state index is 5.39. The SMILES string of the molecule is CO[C@H]1CC[C@H](N2C=CNCC2Br)CC1. The standard InChI is InChI=1S/C11H19BrN2O/c1-15-10-4-2-9(3-5-10)14-7-6-13-8-11(14)12/h6-7,9-11,13H,2-5,8H2,1H3/t9-,10-,11?. The second-order valence-corrected chi connectivity index (χ2v) is 5.33. The van der Waals surface area contributed by atoms with Crippen LogP contribution in [0.4, 0.5) is 0 Å². The molecule has 2 rings (SSSR count). The molecule has 0 spiro atoms. The summed E-state index contributed by atoms with van der Waals surface area (Å²) in [5, 5.41) is 3.23. The molecule has 3 nitrogen and oxygen atoms in total. The first-order valence-electron chi connectivity index (χ1n) is 5.65. The molecular formula is C11H19BrN2O. The van der Waals surface area contributed by atoms with Gasteiger partial charge in [-0.15, -0.1) is 0 Å². The lowest BCUT2D eigenvalue weighted by atomic mass is 9.92. The highest BCUT2D eigenvalue weighted by molar-refractivity contribution is 9.09. The van der Waals surface area contributed by atoms with Gasteiger partial charge in [-0.1, -0.05) is 15.9 Å². The van der Waals surface area contributed by atoms with Crippen LogP contribution in [0.1, 0.15) is 25.7 Å². The largest absolute Gasteiger partial charge is 0.387 e. The number of hydrogen-bond donors (Lipinski definition) is 1. The third-order valence-electron chi connectivity index (χ3n) is 3.37. The van der Waals surface area contributed by atoms with Gasteiger partial charge in [0.25, 0.3) is 0 Å². The van der Waals surface area contributed by atoms with Crippen molar-refractivity contribution < 1.29 is 4.74 Å². The minimum atomic E-state index is 0.437. The van der Waals surface area contributed by atoms with E-state index < -0.39 is 0 Å². The fourth-order valence-corrected chi connectivity index (χ4v) is 3.09. The van der Waals surface area contributed by atoms with Crippen molar-refractivity contribution in [2.24, 2.45) is 0 Å². The fraction of sp³-hybridized carbons (Fsp3) is 0.818. The van der Waals surface area contributed by atoms with Crippen molar-refractivity contribution in [2.45, 2.75) is 42.8 Å². The molecule has 2 aliphatic rings. The molecule has 1 aliphatic heterocycles. The third-order valence-corrected chi connectivity index (χ3v) is 4.17. The molecule has 0 radical (unpaired) electrons. The van der Waals surface area contributed by atoms with Gasteiger partial charge in [-0.3, -0.25) is 0 Å². The Morgan fingerprint density at radius 1 is 1.33 bits per heavy atom. The Hall–Kier alpha value is -0.220. The predicted octanol–water partition coefficient (Wildman–Crippen LogP) is 2.04. The number of nitrogens with one attached hydrogen (secondary N) is 1. The third kappa shape index (κ3) is 2.67. The van der Waals surface area contributed by atoms with E-state index in [-0.39, 0.29) is 0 Å². The van der Waals surface area contributed by atoms with E-state index in [4.69, 9.17) is 4.74 Å². The van der Waals surface area contributed by atoms with Gasteiger partial charge in [0.2, 0.25) is 0 Å². The molecule has 1 fully saturated rings. The van der Waals surface area contributed by atoms with Gasteiger partial charge in [0.1, 0.15) is 4.95 Å². The molecule has 1 saturated carbocycles. The predicted molar refractivity (Wildman–Crippen MR) is 64.7 cm³/mol. The van der Waals surface area contributed by atoms with Crippen LogP contribution in [0, 0.1) is 0 Å². The van der Waals surface area contributed by atoms with E-state index >= 15 is 0 Å². The number of ether oxygens (including phenoxy) is 1. The van der Waals surface area contributed by atoms with Gasteiger partial charge in [0.05, 0.1) is 6.10 Å². The molecule has 0 bridgehead atoms. The molecule has 1 atom stereocenters. The normalized spacial score (nSPS) is 36.4. The molecular weight excluding hydrogens is 256 g/mol. The monoisotopic (exact) mass is 274 g/mol. The van der Waals surface area contributed by atoms with Crippen molar-refractivity contribution in [3.63, 3.8) is 0 Å². The summed E-state index contributed by atoms with van der Waals surface area (Å²) in [4.78, 5) is 2.87. The van der Waals surface area contributed by atoms with Crippen molar-refractivity contribution in [1.82, 2.24) is 10.2 Å². The molecule has 0 aromatic carbocycles. The number of rotatable bonds is 2. The summed E-state index contributed by atoms with van der Waals surface area (Å²) < 4.78 is 5.39. The second-order valence-electron chi connectivity index (χ2n) is 4.27. The zero-order valence-electron chi connectivity index (χ0n) is 9.16. The molecule has 1 unspecified atom stereocenters. The minimum Gasteiger partial charge on any atom is -0.387 e. The van der Waals surface area contributed by atoms with Crippen LogP contribution < -0.4 is 5.32 Å². The molecule has 0 saturated heterocycles. The zero-order valence-corrected chi connectivity index (χ0v) is 10.7. The van der Waals surface area contributed by atoms with E-state index in [2.05, 4.69) is 32.3 Å².